The summed E-state index contributed by atoms with van der Waals surface area (Å²) in [5, 5.41) is 0. The molecule has 0 aromatic heterocycles. The number of rotatable bonds is 3. The summed E-state index contributed by atoms with van der Waals surface area (Å²) < 4.78 is 5.54. The molecule has 0 amide bonds. The largest absolute Gasteiger partial charge is 0.374 e. The summed E-state index contributed by atoms with van der Waals surface area (Å²) in [6, 6.07) is 7.70. The van der Waals surface area contributed by atoms with E-state index in [0.717, 1.165) is 30.3 Å². The number of aldehydes is 1. The summed E-state index contributed by atoms with van der Waals surface area (Å²) in [6.45, 7) is 0. The molecular weight excluding hydrogens is 176 g/mol. The first-order chi connectivity index (χ1) is 6.80. The van der Waals surface area contributed by atoms with Crippen molar-refractivity contribution in [1.29, 1.82) is 0 Å². The molecule has 0 heterocycles. The van der Waals surface area contributed by atoms with E-state index in [-0.39, 0.29) is 5.60 Å². The van der Waals surface area contributed by atoms with E-state index in [1.54, 1.807) is 7.11 Å². The third-order valence-electron chi connectivity index (χ3n) is 3.10. The highest BCUT2D eigenvalue weighted by molar-refractivity contribution is 5.75. The van der Waals surface area contributed by atoms with Crippen LogP contribution in [0.5, 0.6) is 0 Å². The van der Waals surface area contributed by atoms with Crippen molar-refractivity contribution < 1.29 is 9.53 Å². The van der Waals surface area contributed by atoms with Crippen LogP contribution in [-0.2, 0) is 10.3 Å². The Morgan fingerprint density at radius 3 is 2.71 bits per heavy atom. The lowest BCUT2D eigenvalue weighted by molar-refractivity contribution is -0.0778. The Bertz CT molecular complexity index is 334. The highest BCUT2D eigenvalue weighted by atomic mass is 16.5. The SMILES string of the molecule is COC1(c2cccc(C=O)c2)CCC1. The van der Waals surface area contributed by atoms with Crippen LogP contribution in [0.2, 0.25) is 0 Å². The van der Waals surface area contributed by atoms with Gasteiger partial charge in [-0.25, -0.2) is 0 Å². The van der Waals surface area contributed by atoms with Crippen LogP contribution in [0.4, 0.5) is 0 Å². The molecule has 0 N–H and O–H groups in total. The number of benzene rings is 1. The maximum absolute atomic E-state index is 10.6. The Morgan fingerprint density at radius 2 is 2.21 bits per heavy atom. The van der Waals surface area contributed by atoms with Gasteiger partial charge in [-0.05, 0) is 30.9 Å². The number of ether oxygens (including phenoxy) is 1. The zero-order valence-corrected chi connectivity index (χ0v) is 8.32. The van der Waals surface area contributed by atoms with Crippen molar-refractivity contribution in [3.8, 4) is 0 Å². The lowest BCUT2D eigenvalue weighted by Crippen LogP contribution is -2.36. The smallest absolute Gasteiger partial charge is 0.150 e. The molecule has 0 radical (unpaired) electrons. The van der Waals surface area contributed by atoms with Gasteiger partial charge in [-0.2, -0.15) is 0 Å². The monoisotopic (exact) mass is 190 g/mol. The molecular formula is C12H14O2. The molecule has 14 heavy (non-hydrogen) atoms. The highest BCUT2D eigenvalue weighted by Gasteiger charge is 2.38. The van der Waals surface area contributed by atoms with E-state index in [9.17, 15) is 4.79 Å². The molecule has 1 saturated carbocycles. The molecule has 1 aromatic carbocycles. The number of carbonyl (C=O) groups is 1. The van der Waals surface area contributed by atoms with Gasteiger partial charge in [-0.3, -0.25) is 4.79 Å². The van der Waals surface area contributed by atoms with Gasteiger partial charge in [-0.15, -0.1) is 0 Å². The molecule has 2 rings (SSSR count). The molecule has 0 bridgehead atoms. The minimum absolute atomic E-state index is 0.112. The van der Waals surface area contributed by atoms with Gasteiger partial charge >= 0.3 is 0 Å². The lowest BCUT2D eigenvalue weighted by atomic mass is 9.74. The van der Waals surface area contributed by atoms with Crippen molar-refractivity contribution in [3.63, 3.8) is 0 Å². The molecule has 1 aliphatic carbocycles. The summed E-state index contributed by atoms with van der Waals surface area (Å²) in [4.78, 5) is 10.6. The van der Waals surface area contributed by atoms with Gasteiger partial charge in [0.15, 0.2) is 0 Å². The highest BCUT2D eigenvalue weighted by Crippen LogP contribution is 2.44. The average molecular weight is 190 g/mol. The zero-order chi connectivity index (χ0) is 10.0. The molecule has 0 aliphatic heterocycles. The summed E-state index contributed by atoms with van der Waals surface area (Å²) in [6.07, 6.45) is 4.21. The number of hydrogen-bond acceptors (Lipinski definition) is 2. The molecule has 1 fully saturated rings. The quantitative estimate of drug-likeness (QED) is 0.684. The van der Waals surface area contributed by atoms with E-state index < -0.39 is 0 Å². The zero-order valence-electron chi connectivity index (χ0n) is 8.32. The third kappa shape index (κ3) is 1.36. The van der Waals surface area contributed by atoms with Crippen molar-refractivity contribution in [1.82, 2.24) is 0 Å². The number of hydrogen-bond donors (Lipinski definition) is 0. The second-order valence-electron chi connectivity index (χ2n) is 3.80. The Morgan fingerprint density at radius 1 is 1.43 bits per heavy atom. The van der Waals surface area contributed by atoms with Gasteiger partial charge < -0.3 is 4.74 Å². The molecule has 74 valence electrons. The van der Waals surface area contributed by atoms with Gasteiger partial charge in [0.25, 0.3) is 0 Å². The van der Waals surface area contributed by atoms with E-state index in [4.69, 9.17) is 4.74 Å². The Balaban J connectivity index is 2.34. The fourth-order valence-corrected chi connectivity index (χ4v) is 2.00. The molecule has 0 spiro atoms. The van der Waals surface area contributed by atoms with E-state index in [2.05, 4.69) is 0 Å². The number of carbonyl (C=O) groups excluding carboxylic acids is 1. The third-order valence-corrected chi connectivity index (χ3v) is 3.10. The van der Waals surface area contributed by atoms with E-state index in [0.29, 0.717) is 0 Å². The van der Waals surface area contributed by atoms with E-state index in [1.165, 1.54) is 6.42 Å². The maximum Gasteiger partial charge on any atom is 0.150 e. The fourth-order valence-electron chi connectivity index (χ4n) is 2.00. The lowest BCUT2D eigenvalue weighted by Gasteiger charge is -2.41. The minimum atomic E-state index is -0.112. The van der Waals surface area contributed by atoms with Crippen LogP contribution >= 0.6 is 0 Å². The molecule has 0 unspecified atom stereocenters. The van der Waals surface area contributed by atoms with Crippen molar-refractivity contribution in [3.05, 3.63) is 35.4 Å². The van der Waals surface area contributed by atoms with Crippen molar-refractivity contribution in [2.75, 3.05) is 7.11 Å². The Hall–Kier alpha value is -1.15. The summed E-state index contributed by atoms with van der Waals surface area (Å²) in [5.74, 6) is 0. The molecule has 1 aromatic rings. The Kier molecular flexibility index (Phi) is 2.38. The van der Waals surface area contributed by atoms with Gasteiger partial charge in [0.2, 0.25) is 0 Å². The fraction of sp³-hybridized carbons (Fsp3) is 0.417. The van der Waals surface area contributed by atoms with E-state index in [1.807, 2.05) is 24.3 Å². The summed E-state index contributed by atoms with van der Waals surface area (Å²) in [7, 11) is 1.74. The summed E-state index contributed by atoms with van der Waals surface area (Å²) >= 11 is 0. The van der Waals surface area contributed by atoms with Crippen LogP contribution in [0.3, 0.4) is 0 Å². The Labute approximate surface area is 83.9 Å². The minimum Gasteiger partial charge on any atom is -0.374 e. The topological polar surface area (TPSA) is 26.3 Å². The van der Waals surface area contributed by atoms with Gasteiger partial charge in [0.1, 0.15) is 6.29 Å². The predicted octanol–water partition coefficient (Wildman–Crippen LogP) is 2.52. The van der Waals surface area contributed by atoms with Crippen LogP contribution in [0.25, 0.3) is 0 Å². The van der Waals surface area contributed by atoms with Crippen LogP contribution in [0.1, 0.15) is 35.2 Å². The molecule has 0 atom stereocenters. The average Bonchev–Trinajstić information content (AvgIpc) is 2.18. The van der Waals surface area contributed by atoms with Crippen LogP contribution in [0.15, 0.2) is 24.3 Å². The summed E-state index contributed by atoms with van der Waals surface area (Å²) in [5.41, 5.74) is 1.75. The maximum atomic E-state index is 10.6. The molecule has 1 aliphatic rings. The standard InChI is InChI=1S/C12H14O2/c1-14-12(6-3-7-12)11-5-2-4-10(8-11)9-13/h2,4-5,8-9H,3,6-7H2,1H3. The molecule has 0 saturated heterocycles. The van der Waals surface area contributed by atoms with Gasteiger partial charge in [-0.1, -0.05) is 18.2 Å². The second kappa shape index (κ2) is 3.54. The van der Waals surface area contributed by atoms with Crippen molar-refractivity contribution >= 4 is 6.29 Å². The van der Waals surface area contributed by atoms with Crippen LogP contribution in [0, 0.1) is 0 Å². The predicted molar refractivity (Wildman–Crippen MR) is 54.4 cm³/mol. The normalized spacial score (nSPS) is 18.6. The van der Waals surface area contributed by atoms with E-state index >= 15 is 0 Å². The first kappa shape index (κ1) is 9.41. The molecule has 2 nitrogen and oxygen atoms in total. The van der Waals surface area contributed by atoms with Gasteiger partial charge in [0, 0.05) is 12.7 Å². The van der Waals surface area contributed by atoms with Crippen molar-refractivity contribution in [2.45, 2.75) is 24.9 Å². The van der Waals surface area contributed by atoms with Crippen LogP contribution in [-0.4, -0.2) is 13.4 Å². The van der Waals surface area contributed by atoms with Crippen molar-refractivity contribution in [2.24, 2.45) is 0 Å². The second-order valence-corrected chi connectivity index (χ2v) is 3.80. The molecule has 2 heteroatoms. The first-order valence-corrected chi connectivity index (χ1v) is 4.92. The van der Waals surface area contributed by atoms with Gasteiger partial charge in [0.05, 0.1) is 5.60 Å². The van der Waals surface area contributed by atoms with Crippen LogP contribution < -0.4 is 0 Å². The number of methoxy groups -OCH3 is 1. The first-order valence-electron chi connectivity index (χ1n) is 4.92.